The minimum atomic E-state index is -1.14. The lowest BCUT2D eigenvalue weighted by Gasteiger charge is -2.19. The van der Waals surface area contributed by atoms with E-state index >= 15 is 0 Å². The molecule has 6 nitrogen and oxygen atoms in total. The Labute approximate surface area is 115 Å². The van der Waals surface area contributed by atoms with Gasteiger partial charge in [0.25, 0.3) is 0 Å². The highest BCUT2D eigenvalue weighted by molar-refractivity contribution is 6.30. The predicted molar refractivity (Wildman–Crippen MR) is 69.9 cm³/mol. The fraction of sp³-hybridized carbons (Fsp3) is 0.250. The maximum Gasteiger partial charge on any atom is 0.323 e. The van der Waals surface area contributed by atoms with E-state index in [0.29, 0.717) is 10.7 Å². The number of carbonyl (C=O) groups excluding carboxylic acids is 1. The SMILES string of the molecule is N#CCCN(CC(=O)O)C(=O)Nc1ccc(Cl)cc1. The molecule has 7 heteroatoms. The summed E-state index contributed by atoms with van der Waals surface area (Å²) in [5, 5.41) is 20.3. The molecule has 0 spiro atoms. The molecule has 0 atom stereocenters. The standard InChI is InChI=1S/C12H12ClN3O3/c13-9-2-4-10(5-3-9)15-12(19)16(7-1-6-14)8-11(17)18/h2-5H,1,7-8H2,(H,15,19)(H,17,18). The van der Waals surface area contributed by atoms with E-state index in [-0.39, 0.29) is 13.0 Å². The highest BCUT2D eigenvalue weighted by atomic mass is 35.5. The van der Waals surface area contributed by atoms with E-state index < -0.39 is 18.5 Å². The van der Waals surface area contributed by atoms with Crippen LogP contribution in [0.15, 0.2) is 24.3 Å². The first-order chi connectivity index (χ1) is 9.02. The van der Waals surface area contributed by atoms with E-state index in [1.165, 1.54) is 0 Å². The van der Waals surface area contributed by atoms with Crippen LogP contribution < -0.4 is 5.32 Å². The van der Waals surface area contributed by atoms with Gasteiger partial charge in [0.2, 0.25) is 0 Å². The van der Waals surface area contributed by atoms with E-state index in [2.05, 4.69) is 5.32 Å². The number of aliphatic carboxylic acids is 1. The molecule has 19 heavy (non-hydrogen) atoms. The van der Waals surface area contributed by atoms with Crippen LogP contribution in [0.25, 0.3) is 0 Å². The molecule has 2 N–H and O–H groups in total. The minimum Gasteiger partial charge on any atom is -0.480 e. The second-order valence-corrected chi connectivity index (χ2v) is 4.10. The molecule has 0 aliphatic rings. The van der Waals surface area contributed by atoms with Gasteiger partial charge in [0.1, 0.15) is 6.54 Å². The Balaban J connectivity index is 2.67. The van der Waals surface area contributed by atoms with Gasteiger partial charge in [0.15, 0.2) is 0 Å². The van der Waals surface area contributed by atoms with Crippen LogP contribution in [0.1, 0.15) is 6.42 Å². The Morgan fingerprint density at radius 3 is 2.53 bits per heavy atom. The maximum absolute atomic E-state index is 11.8. The van der Waals surface area contributed by atoms with E-state index in [1.807, 2.05) is 6.07 Å². The lowest BCUT2D eigenvalue weighted by Crippen LogP contribution is -2.39. The molecule has 0 heterocycles. The van der Waals surface area contributed by atoms with Gasteiger partial charge >= 0.3 is 12.0 Å². The van der Waals surface area contributed by atoms with Crippen LogP contribution in [0, 0.1) is 11.3 Å². The van der Waals surface area contributed by atoms with Crippen LogP contribution >= 0.6 is 11.6 Å². The lowest BCUT2D eigenvalue weighted by atomic mass is 10.3. The zero-order valence-corrected chi connectivity index (χ0v) is 10.7. The molecular formula is C12H12ClN3O3. The van der Waals surface area contributed by atoms with Crippen LogP contribution in [-0.2, 0) is 4.79 Å². The van der Waals surface area contributed by atoms with Crippen molar-refractivity contribution in [3.63, 3.8) is 0 Å². The summed E-state index contributed by atoms with van der Waals surface area (Å²) in [7, 11) is 0. The normalized spacial score (nSPS) is 9.47. The van der Waals surface area contributed by atoms with Crippen molar-refractivity contribution in [2.75, 3.05) is 18.4 Å². The number of rotatable bonds is 5. The second kappa shape index (κ2) is 7.24. The quantitative estimate of drug-likeness (QED) is 0.865. The molecule has 0 aromatic heterocycles. The summed E-state index contributed by atoms with van der Waals surface area (Å²) in [6.07, 6.45) is 0.0708. The molecule has 1 rings (SSSR count). The summed E-state index contributed by atoms with van der Waals surface area (Å²) in [6.45, 7) is -0.399. The highest BCUT2D eigenvalue weighted by Crippen LogP contribution is 2.13. The molecule has 0 radical (unpaired) electrons. The van der Waals surface area contributed by atoms with Gasteiger partial charge in [0.05, 0.1) is 12.5 Å². The number of carbonyl (C=O) groups is 2. The van der Waals surface area contributed by atoms with Gasteiger partial charge in [-0.1, -0.05) is 11.6 Å². The monoisotopic (exact) mass is 281 g/mol. The van der Waals surface area contributed by atoms with Crippen LogP contribution in [0.5, 0.6) is 0 Å². The number of benzene rings is 1. The summed E-state index contributed by atoms with van der Waals surface area (Å²) in [5.41, 5.74) is 0.502. The first kappa shape index (κ1) is 14.8. The molecule has 0 saturated carbocycles. The molecule has 100 valence electrons. The van der Waals surface area contributed by atoms with Crippen molar-refractivity contribution in [1.29, 1.82) is 5.26 Å². The van der Waals surface area contributed by atoms with Crippen molar-refractivity contribution >= 4 is 29.3 Å². The number of carboxylic acid groups (broad SMARTS) is 1. The van der Waals surface area contributed by atoms with Gasteiger partial charge in [-0.25, -0.2) is 4.79 Å². The number of anilines is 1. The van der Waals surface area contributed by atoms with Crippen molar-refractivity contribution in [2.24, 2.45) is 0 Å². The molecule has 2 amide bonds. The van der Waals surface area contributed by atoms with Crippen LogP contribution in [0.4, 0.5) is 10.5 Å². The van der Waals surface area contributed by atoms with E-state index in [0.717, 1.165) is 4.90 Å². The van der Waals surface area contributed by atoms with Crippen LogP contribution in [-0.4, -0.2) is 35.1 Å². The molecular weight excluding hydrogens is 270 g/mol. The van der Waals surface area contributed by atoms with Gasteiger partial charge in [-0.15, -0.1) is 0 Å². The summed E-state index contributed by atoms with van der Waals surface area (Å²) in [4.78, 5) is 23.6. The van der Waals surface area contributed by atoms with Gasteiger partial charge in [-0.2, -0.15) is 5.26 Å². The number of halogens is 1. The molecule has 0 saturated heterocycles. The largest absolute Gasteiger partial charge is 0.480 e. The maximum atomic E-state index is 11.8. The predicted octanol–water partition coefficient (Wildman–Crippen LogP) is 2.17. The third-order valence-electron chi connectivity index (χ3n) is 2.20. The third-order valence-corrected chi connectivity index (χ3v) is 2.45. The molecule has 0 fully saturated rings. The highest BCUT2D eigenvalue weighted by Gasteiger charge is 2.16. The lowest BCUT2D eigenvalue weighted by molar-refractivity contribution is -0.137. The Morgan fingerprint density at radius 1 is 1.37 bits per heavy atom. The Morgan fingerprint density at radius 2 is 2.00 bits per heavy atom. The number of hydrogen-bond acceptors (Lipinski definition) is 3. The number of nitrogens with zero attached hydrogens (tertiary/aromatic N) is 2. The smallest absolute Gasteiger partial charge is 0.323 e. The number of amides is 2. The second-order valence-electron chi connectivity index (χ2n) is 3.66. The molecule has 0 unspecified atom stereocenters. The fourth-order valence-electron chi connectivity index (χ4n) is 1.34. The molecule has 1 aromatic carbocycles. The van der Waals surface area contributed by atoms with Gasteiger partial charge in [0, 0.05) is 17.3 Å². The van der Waals surface area contributed by atoms with Crippen LogP contribution in [0.2, 0.25) is 5.02 Å². The zero-order valence-electron chi connectivity index (χ0n) is 9.97. The van der Waals surface area contributed by atoms with E-state index in [1.54, 1.807) is 24.3 Å². The average molecular weight is 282 g/mol. The van der Waals surface area contributed by atoms with Crippen molar-refractivity contribution in [1.82, 2.24) is 4.90 Å². The van der Waals surface area contributed by atoms with E-state index in [9.17, 15) is 9.59 Å². The average Bonchev–Trinajstić information content (AvgIpc) is 2.36. The number of hydrogen-bond donors (Lipinski definition) is 2. The Bertz CT molecular complexity index is 496. The van der Waals surface area contributed by atoms with Gasteiger partial charge in [-0.05, 0) is 24.3 Å². The molecule has 1 aromatic rings. The van der Waals surface area contributed by atoms with Crippen LogP contribution in [0.3, 0.4) is 0 Å². The van der Waals surface area contributed by atoms with E-state index in [4.69, 9.17) is 22.0 Å². The first-order valence-corrected chi connectivity index (χ1v) is 5.81. The van der Waals surface area contributed by atoms with Crippen molar-refractivity contribution in [3.05, 3.63) is 29.3 Å². The number of nitriles is 1. The van der Waals surface area contributed by atoms with Crippen molar-refractivity contribution < 1.29 is 14.7 Å². The topological polar surface area (TPSA) is 93.4 Å². The Hall–Kier alpha value is -2.26. The molecule has 0 aliphatic carbocycles. The number of nitrogens with one attached hydrogen (secondary N) is 1. The molecule has 0 aliphatic heterocycles. The fourth-order valence-corrected chi connectivity index (χ4v) is 1.46. The van der Waals surface area contributed by atoms with Crippen molar-refractivity contribution in [2.45, 2.75) is 6.42 Å². The molecule has 0 bridgehead atoms. The summed E-state index contributed by atoms with van der Waals surface area (Å²) < 4.78 is 0. The summed E-state index contributed by atoms with van der Waals surface area (Å²) >= 11 is 5.71. The first-order valence-electron chi connectivity index (χ1n) is 5.43. The third kappa shape index (κ3) is 5.27. The van der Waals surface area contributed by atoms with Gasteiger partial charge in [-0.3, -0.25) is 4.79 Å². The summed E-state index contributed by atoms with van der Waals surface area (Å²) in [6, 6.07) is 7.71. The number of urea groups is 1. The van der Waals surface area contributed by atoms with Crippen molar-refractivity contribution in [3.8, 4) is 6.07 Å². The number of carboxylic acids is 1. The summed E-state index contributed by atoms with van der Waals surface area (Å²) in [5.74, 6) is -1.14. The minimum absolute atomic E-state index is 0.0578. The zero-order chi connectivity index (χ0) is 14.3. The Kier molecular flexibility index (Phi) is 5.64. The van der Waals surface area contributed by atoms with Gasteiger partial charge < -0.3 is 15.3 Å².